The number of hydrogen-bond acceptors (Lipinski definition) is 4. The number of methoxy groups -OCH3 is 1. The molecule has 0 unspecified atom stereocenters. The first-order valence-corrected chi connectivity index (χ1v) is 9.44. The van der Waals surface area contributed by atoms with Gasteiger partial charge in [0.05, 0.1) is 20.3 Å². The van der Waals surface area contributed by atoms with Gasteiger partial charge in [-0.25, -0.2) is 0 Å². The van der Waals surface area contributed by atoms with Crippen LogP contribution in [0.1, 0.15) is 17.5 Å². The SMILES string of the molecule is COc1cccc(CCC(=O)N(C)Cc2ccc(N3CCOCC3)cc2)c1. The number of carbonyl (C=O) groups excluding carboxylic acids is 1. The first-order valence-electron chi connectivity index (χ1n) is 9.44. The van der Waals surface area contributed by atoms with Crippen molar-refractivity contribution in [2.45, 2.75) is 19.4 Å². The van der Waals surface area contributed by atoms with E-state index in [1.54, 1.807) is 12.0 Å². The molecule has 5 nitrogen and oxygen atoms in total. The molecule has 1 amide bonds. The Morgan fingerprint density at radius 2 is 1.85 bits per heavy atom. The minimum Gasteiger partial charge on any atom is -0.497 e. The summed E-state index contributed by atoms with van der Waals surface area (Å²) in [6, 6.07) is 16.4. The molecule has 0 radical (unpaired) electrons. The topological polar surface area (TPSA) is 42.0 Å². The van der Waals surface area contributed by atoms with E-state index in [1.165, 1.54) is 5.69 Å². The standard InChI is InChI=1S/C22H28N2O3/c1-23(22(25)11-8-18-4-3-5-21(16-18)26-2)17-19-6-9-20(10-7-19)24-12-14-27-15-13-24/h3-7,9-10,16H,8,11-15,17H2,1-2H3. The van der Waals surface area contributed by atoms with E-state index in [0.717, 1.165) is 49.6 Å². The number of morpholine rings is 1. The zero-order valence-electron chi connectivity index (χ0n) is 16.2. The molecule has 27 heavy (non-hydrogen) atoms. The number of rotatable bonds is 7. The number of amides is 1. The molecule has 0 bridgehead atoms. The second kappa shape index (κ2) is 9.42. The molecule has 1 heterocycles. The van der Waals surface area contributed by atoms with Crippen molar-refractivity contribution < 1.29 is 14.3 Å². The number of ether oxygens (including phenoxy) is 2. The molecule has 0 spiro atoms. The monoisotopic (exact) mass is 368 g/mol. The first kappa shape index (κ1) is 19.2. The van der Waals surface area contributed by atoms with Crippen molar-refractivity contribution in [3.8, 4) is 5.75 Å². The van der Waals surface area contributed by atoms with Crippen LogP contribution < -0.4 is 9.64 Å². The fourth-order valence-corrected chi connectivity index (χ4v) is 3.27. The minimum atomic E-state index is 0.148. The third-order valence-electron chi connectivity index (χ3n) is 4.92. The van der Waals surface area contributed by atoms with E-state index in [0.29, 0.717) is 13.0 Å². The summed E-state index contributed by atoms with van der Waals surface area (Å²) in [7, 11) is 3.52. The molecule has 1 aliphatic heterocycles. The third-order valence-corrected chi connectivity index (χ3v) is 4.92. The number of hydrogen-bond donors (Lipinski definition) is 0. The van der Waals surface area contributed by atoms with E-state index in [4.69, 9.17) is 9.47 Å². The maximum atomic E-state index is 12.5. The van der Waals surface area contributed by atoms with Gasteiger partial charge in [-0.1, -0.05) is 24.3 Å². The average Bonchev–Trinajstić information content (AvgIpc) is 2.73. The van der Waals surface area contributed by atoms with Gasteiger partial charge in [0.2, 0.25) is 5.91 Å². The molecule has 0 aliphatic carbocycles. The van der Waals surface area contributed by atoms with E-state index in [1.807, 2.05) is 31.3 Å². The summed E-state index contributed by atoms with van der Waals surface area (Å²) in [4.78, 5) is 16.6. The van der Waals surface area contributed by atoms with Gasteiger partial charge in [-0.3, -0.25) is 4.79 Å². The largest absolute Gasteiger partial charge is 0.497 e. The van der Waals surface area contributed by atoms with E-state index >= 15 is 0 Å². The number of anilines is 1. The van der Waals surface area contributed by atoms with Crippen LogP contribution in [0.3, 0.4) is 0 Å². The van der Waals surface area contributed by atoms with E-state index in [-0.39, 0.29) is 5.91 Å². The van der Waals surface area contributed by atoms with Gasteiger partial charge in [-0.15, -0.1) is 0 Å². The Morgan fingerprint density at radius 3 is 2.56 bits per heavy atom. The second-order valence-electron chi connectivity index (χ2n) is 6.87. The van der Waals surface area contributed by atoms with Crippen LogP contribution in [0.25, 0.3) is 0 Å². The minimum absolute atomic E-state index is 0.148. The summed E-state index contributed by atoms with van der Waals surface area (Å²) in [5.74, 6) is 0.976. The van der Waals surface area contributed by atoms with Gasteiger partial charge < -0.3 is 19.3 Å². The van der Waals surface area contributed by atoms with Gasteiger partial charge in [0.25, 0.3) is 0 Å². The molecule has 0 N–H and O–H groups in total. The lowest BCUT2D eigenvalue weighted by atomic mass is 10.1. The zero-order valence-corrected chi connectivity index (χ0v) is 16.2. The summed E-state index contributed by atoms with van der Waals surface area (Å²) < 4.78 is 10.6. The van der Waals surface area contributed by atoms with Gasteiger partial charge in [0, 0.05) is 38.8 Å². The van der Waals surface area contributed by atoms with Crippen LogP contribution >= 0.6 is 0 Å². The Labute approximate surface area is 161 Å². The van der Waals surface area contributed by atoms with Crippen molar-refractivity contribution in [3.05, 3.63) is 59.7 Å². The van der Waals surface area contributed by atoms with Crippen molar-refractivity contribution in [3.63, 3.8) is 0 Å². The van der Waals surface area contributed by atoms with Gasteiger partial charge >= 0.3 is 0 Å². The predicted octanol–water partition coefficient (Wildman–Crippen LogP) is 3.12. The van der Waals surface area contributed by atoms with E-state index < -0.39 is 0 Å². The maximum Gasteiger partial charge on any atom is 0.222 e. The molecule has 144 valence electrons. The number of benzene rings is 2. The van der Waals surface area contributed by atoms with Crippen molar-refractivity contribution in [2.24, 2.45) is 0 Å². The fraction of sp³-hybridized carbons (Fsp3) is 0.409. The van der Waals surface area contributed by atoms with Gasteiger partial charge in [0.1, 0.15) is 5.75 Å². The van der Waals surface area contributed by atoms with E-state index in [2.05, 4.69) is 29.2 Å². The Hall–Kier alpha value is -2.53. The highest BCUT2D eigenvalue weighted by Crippen LogP contribution is 2.18. The lowest BCUT2D eigenvalue weighted by Crippen LogP contribution is -2.36. The Morgan fingerprint density at radius 1 is 1.11 bits per heavy atom. The second-order valence-corrected chi connectivity index (χ2v) is 6.87. The molecular formula is C22H28N2O3. The van der Waals surface area contributed by atoms with Crippen molar-refractivity contribution in [1.82, 2.24) is 4.90 Å². The van der Waals surface area contributed by atoms with Crippen LogP contribution in [0, 0.1) is 0 Å². The average molecular weight is 368 g/mol. The fourth-order valence-electron chi connectivity index (χ4n) is 3.27. The smallest absolute Gasteiger partial charge is 0.222 e. The Kier molecular flexibility index (Phi) is 6.71. The summed E-state index contributed by atoms with van der Waals surface area (Å²) in [5.41, 5.74) is 3.48. The normalized spacial score (nSPS) is 14.1. The highest BCUT2D eigenvalue weighted by Gasteiger charge is 2.12. The molecule has 0 saturated carbocycles. The van der Waals surface area contributed by atoms with Crippen LogP contribution in [-0.2, 0) is 22.5 Å². The molecule has 2 aromatic carbocycles. The van der Waals surface area contributed by atoms with Crippen LogP contribution in [0.4, 0.5) is 5.69 Å². The number of carbonyl (C=O) groups is 1. The van der Waals surface area contributed by atoms with E-state index in [9.17, 15) is 4.79 Å². The van der Waals surface area contributed by atoms with Gasteiger partial charge in [-0.05, 0) is 41.8 Å². The lowest BCUT2D eigenvalue weighted by molar-refractivity contribution is -0.130. The van der Waals surface area contributed by atoms with Gasteiger partial charge in [-0.2, -0.15) is 0 Å². The van der Waals surface area contributed by atoms with Crippen LogP contribution in [0.5, 0.6) is 5.75 Å². The predicted molar refractivity (Wildman–Crippen MR) is 107 cm³/mol. The van der Waals surface area contributed by atoms with Crippen LogP contribution in [-0.4, -0.2) is 51.3 Å². The van der Waals surface area contributed by atoms with Crippen LogP contribution in [0.2, 0.25) is 0 Å². The number of aryl methyl sites for hydroxylation is 1. The summed E-state index contributed by atoms with van der Waals surface area (Å²) in [5, 5.41) is 0. The molecular weight excluding hydrogens is 340 g/mol. The molecule has 1 saturated heterocycles. The summed E-state index contributed by atoms with van der Waals surface area (Å²) in [6.07, 6.45) is 1.21. The Bertz CT molecular complexity index is 739. The van der Waals surface area contributed by atoms with Crippen molar-refractivity contribution >= 4 is 11.6 Å². The maximum absolute atomic E-state index is 12.5. The van der Waals surface area contributed by atoms with Crippen molar-refractivity contribution in [2.75, 3.05) is 45.4 Å². The molecule has 0 atom stereocenters. The first-order chi connectivity index (χ1) is 13.2. The Balaban J connectivity index is 1.50. The zero-order chi connectivity index (χ0) is 19.1. The molecule has 0 aromatic heterocycles. The molecule has 2 aromatic rings. The summed E-state index contributed by atoms with van der Waals surface area (Å²) >= 11 is 0. The molecule has 1 fully saturated rings. The highest BCUT2D eigenvalue weighted by atomic mass is 16.5. The van der Waals surface area contributed by atoms with Crippen molar-refractivity contribution in [1.29, 1.82) is 0 Å². The third kappa shape index (κ3) is 5.47. The molecule has 3 rings (SSSR count). The molecule has 1 aliphatic rings. The lowest BCUT2D eigenvalue weighted by Gasteiger charge is -2.29. The van der Waals surface area contributed by atoms with Gasteiger partial charge in [0.15, 0.2) is 0 Å². The summed E-state index contributed by atoms with van der Waals surface area (Å²) in [6.45, 7) is 4.06. The highest BCUT2D eigenvalue weighted by molar-refractivity contribution is 5.76. The number of nitrogens with zero attached hydrogens (tertiary/aromatic N) is 2. The van der Waals surface area contributed by atoms with Crippen LogP contribution in [0.15, 0.2) is 48.5 Å². The quantitative estimate of drug-likeness (QED) is 0.753. The molecule has 5 heteroatoms.